The number of benzene rings is 1. The van der Waals surface area contributed by atoms with E-state index in [9.17, 15) is 4.79 Å². The number of carbonyl (C=O) groups is 1. The van der Waals surface area contributed by atoms with Crippen LogP contribution in [0.25, 0.3) is 0 Å². The summed E-state index contributed by atoms with van der Waals surface area (Å²) in [6, 6.07) is 8.05. The average molecular weight is 497 g/mol. The Hall–Kier alpha value is -0.830. The van der Waals surface area contributed by atoms with Gasteiger partial charge in [-0.15, -0.1) is 24.0 Å². The van der Waals surface area contributed by atoms with E-state index in [1.165, 1.54) is 0 Å². The van der Waals surface area contributed by atoms with Crippen molar-refractivity contribution in [2.75, 3.05) is 20.6 Å². The van der Waals surface area contributed by atoms with Crippen molar-refractivity contribution in [3.8, 4) is 0 Å². The van der Waals surface area contributed by atoms with Gasteiger partial charge in [0.15, 0.2) is 5.96 Å². The molecule has 0 saturated heterocycles. The van der Waals surface area contributed by atoms with Crippen LogP contribution < -0.4 is 10.6 Å². The number of rotatable bonds is 4. The van der Waals surface area contributed by atoms with Gasteiger partial charge in [0.05, 0.1) is 6.54 Å². The number of guanidine groups is 1. The molecule has 130 valence electrons. The van der Waals surface area contributed by atoms with Gasteiger partial charge in [-0.2, -0.15) is 0 Å². The van der Waals surface area contributed by atoms with Crippen LogP contribution in [0, 0.1) is 0 Å². The molecular weight excluding hydrogens is 471 g/mol. The van der Waals surface area contributed by atoms with Crippen molar-refractivity contribution in [3.05, 3.63) is 34.3 Å². The summed E-state index contributed by atoms with van der Waals surface area (Å²) < 4.78 is 1.06. The summed E-state index contributed by atoms with van der Waals surface area (Å²) in [5.41, 5.74) is 0.926. The van der Waals surface area contributed by atoms with E-state index in [0.29, 0.717) is 12.5 Å². The molecular formula is C16H26BrIN4O. The normalized spacial score (nSPS) is 11.5. The highest BCUT2D eigenvalue weighted by molar-refractivity contribution is 14.0. The monoisotopic (exact) mass is 496 g/mol. The molecule has 0 aliphatic heterocycles. The first-order valence-electron chi connectivity index (χ1n) is 7.19. The van der Waals surface area contributed by atoms with E-state index < -0.39 is 0 Å². The van der Waals surface area contributed by atoms with Crippen LogP contribution in [0.4, 0.5) is 0 Å². The minimum Gasteiger partial charge on any atom is -0.350 e. The van der Waals surface area contributed by atoms with E-state index in [2.05, 4.69) is 37.6 Å². The average Bonchev–Trinajstić information content (AvgIpc) is 2.40. The van der Waals surface area contributed by atoms with Gasteiger partial charge < -0.3 is 15.5 Å². The molecule has 0 bridgehead atoms. The van der Waals surface area contributed by atoms with Gasteiger partial charge >= 0.3 is 0 Å². The first-order valence-corrected chi connectivity index (χ1v) is 7.98. The van der Waals surface area contributed by atoms with E-state index in [4.69, 9.17) is 0 Å². The highest BCUT2D eigenvalue weighted by Crippen LogP contribution is 2.17. The molecule has 0 radical (unpaired) electrons. The molecule has 1 amide bonds. The van der Waals surface area contributed by atoms with Gasteiger partial charge in [0, 0.05) is 30.7 Å². The second-order valence-electron chi connectivity index (χ2n) is 6.15. The second kappa shape index (κ2) is 10.1. The Kier molecular flexibility index (Phi) is 9.76. The standard InChI is InChI=1S/C16H25BrN4O.HI/c1-16(2,3)20-14(22)10-19-15(18-4)21(5)11-12-8-6-7-9-13(12)17;/h6-9H,10-11H2,1-5H3,(H,18,19)(H,20,22);1H. The Morgan fingerprint density at radius 2 is 1.91 bits per heavy atom. The Labute approximate surface area is 164 Å². The molecule has 1 rings (SSSR count). The highest BCUT2D eigenvalue weighted by atomic mass is 127. The lowest BCUT2D eigenvalue weighted by Gasteiger charge is -2.24. The van der Waals surface area contributed by atoms with Crippen molar-refractivity contribution in [3.63, 3.8) is 0 Å². The van der Waals surface area contributed by atoms with Crippen molar-refractivity contribution < 1.29 is 4.79 Å². The Morgan fingerprint density at radius 1 is 1.30 bits per heavy atom. The lowest BCUT2D eigenvalue weighted by atomic mass is 10.1. The first-order chi connectivity index (χ1) is 10.2. The Bertz CT molecular complexity index is 543. The third-order valence-corrected chi connectivity index (χ3v) is 3.63. The molecule has 0 aliphatic rings. The van der Waals surface area contributed by atoms with Crippen molar-refractivity contribution >= 4 is 51.8 Å². The summed E-state index contributed by atoms with van der Waals surface area (Å²) in [6.07, 6.45) is 0. The van der Waals surface area contributed by atoms with Crippen molar-refractivity contribution in [1.82, 2.24) is 15.5 Å². The van der Waals surface area contributed by atoms with Crippen LogP contribution in [0.15, 0.2) is 33.7 Å². The minimum atomic E-state index is -0.233. The summed E-state index contributed by atoms with van der Waals surface area (Å²) in [7, 11) is 3.65. The van der Waals surface area contributed by atoms with Gasteiger partial charge in [-0.25, -0.2) is 0 Å². The quantitative estimate of drug-likeness (QED) is 0.382. The zero-order valence-corrected chi connectivity index (χ0v) is 18.2. The zero-order chi connectivity index (χ0) is 16.8. The van der Waals surface area contributed by atoms with E-state index in [1.807, 2.05) is 50.9 Å². The smallest absolute Gasteiger partial charge is 0.239 e. The van der Waals surface area contributed by atoms with Gasteiger partial charge in [0.1, 0.15) is 0 Å². The molecule has 5 nitrogen and oxygen atoms in total. The molecule has 2 N–H and O–H groups in total. The molecule has 23 heavy (non-hydrogen) atoms. The second-order valence-corrected chi connectivity index (χ2v) is 7.00. The fourth-order valence-electron chi connectivity index (χ4n) is 1.96. The molecule has 0 aromatic heterocycles. The fourth-order valence-corrected chi connectivity index (χ4v) is 2.37. The summed E-state index contributed by atoms with van der Waals surface area (Å²) in [6.45, 7) is 6.77. The summed E-state index contributed by atoms with van der Waals surface area (Å²) in [5.74, 6) is 0.628. The number of nitrogens with one attached hydrogen (secondary N) is 2. The molecule has 0 unspecified atom stereocenters. The first kappa shape index (κ1) is 22.2. The van der Waals surface area contributed by atoms with Gasteiger partial charge in [-0.3, -0.25) is 9.79 Å². The minimum absolute atomic E-state index is 0. The van der Waals surface area contributed by atoms with E-state index in [1.54, 1.807) is 7.05 Å². The number of aliphatic imine (C=N–C) groups is 1. The number of halogens is 2. The lowest BCUT2D eigenvalue weighted by molar-refractivity contribution is -0.121. The Balaban J connectivity index is 0.00000484. The van der Waals surface area contributed by atoms with E-state index in [-0.39, 0.29) is 42.0 Å². The number of hydrogen-bond acceptors (Lipinski definition) is 2. The predicted molar refractivity (Wildman–Crippen MR) is 110 cm³/mol. The highest BCUT2D eigenvalue weighted by Gasteiger charge is 2.15. The maximum Gasteiger partial charge on any atom is 0.239 e. The van der Waals surface area contributed by atoms with Crippen LogP contribution in [0.1, 0.15) is 26.3 Å². The van der Waals surface area contributed by atoms with Crippen molar-refractivity contribution in [2.24, 2.45) is 4.99 Å². The third-order valence-electron chi connectivity index (χ3n) is 2.86. The Morgan fingerprint density at radius 3 is 2.43 bits per heavy atom. The molecule has 7 heteroatoms. The molecule has 0 atom stereocenters. The van der Waals surface area contributed by atoms with Crippen LogP contribution in [-0.4, -0.2) is 42.9 Å². The van der Waals surface area contributed by atoms with Crippen molar-refractivity contribution in [1.29, 1.82) is 0 Å². The molecule has 0 saturated carbocycles. The van der Waals surface area contributed by atoms with Gasteiger partial charge in [0.2, 0.25) is 5.91 Å². The van der Waals surface area contributed by atoms with Crippen LogP contribution in [-0.2, 0) is 11.3 Å². The molecule has 0 spiro atoms. The lowest BCUT2D eigenvalue weighted by Crippen LogP contribution is -2.48. The molecule has 0 heterocycles. The van der Waals surface area contributed by atoms with Crippen LogP contribution in [0.3, 0.4) is 0 Å². The zero-order valence-electron chi connectivity index (χ0n) is 14.3. The topological polar surface area (TPSA) is 56.7 Å². The molecule has 0 aliphatic carbocycles. The van der Waals surface area contributed by atoms with Gasteiger partial charge in [0.25, 0.3) is 0 Å². The van der Waals surface area contributed by atoms with Gasteiger partial charge in [-0.1, -0.05) is 34.1 Å². The SMILES string of the molecule is CN=C(NCC(=O)NC(C)(C)C)N(C)Cc1ccccc1Br.I. The van der Waals surface area contributed by atoms with E-state index in [0.717, 1.165) is 10.0 Å². The van der Waals surface area contributed by atoms with Crippen LogP contribution >= 0.6 is 39.9 Å². The number of carbonyl (C=O) groups excluding carboxylic acids is 1. The maximum absolute atomic E-state index is 11.9. The van der Waals surface area contributed by atoms with Crippen LogP contribution in [0.5, 0.6) is 0 Å². The molecule has 1 aromatic rings. The van der Waals surface area contributed by atoms with E-state index >= 15 is 0 Å². The molecule has 0 fully saturated rings. The number of amides is 1. The third kappa shape index (κ3) is 8.55. The van der Waals surface area contributed by atoms with Crippen molar-refractivity contribution in [2.45, 2.75) is 32.9 Å². The summed E-state index contributed by atoms with van der Waals surface area (Å²) >= 11 is 3.54. The molecule has 1 aromatic carbocycles. The number of hydrogen-bond donors (Lipinski definition) is 2. The predicted octanol–water partition coefficient (Wildman–Crippen LogP) is 2.99. The summed E-state index contributed by atoms with van der Waals surface area (Å²) in [5, 5.41) is 5.99. The summed E-state index contributed by atoms with van der Waals surface area (Å²) in [4.78, 5) is 18.1. The fraction of sp³-hybridized carbons (Fsp3) is 0.500. The number of nitrogens with zero attached hydrogens (tertiary/aromatic N) is 2. The largest absolute Gasteiger partial charge is 0.350 e. The van der Waals surface area contributed by atoms with Gasteiger partial charge in [-0.05, 0) is 32.4 Å². The van der Waals surface area contributed by atoms with Crippen LogP contribution in [0.2, 0.25) is 0 Å². The maximum atomic E-state index is 11.9.